The molecule has 0 radical (unpaired) electrons. The highest BCUT2D eigenvalue weighted by molar-refractivity contribution is 5.72. The molecular weight excluding hydrogens is 280 g/mol. The van der Waals surface area contributed by atoms with Crippen LogP contribution in [0.25, 0.3) is 11.1 Å². The maximum absolute atomic E-state index is 5.80. The Morgan fingerprint density at radius 2 is 2.18 bits per heavy atom. The van der Waals surface area contributed by atoms with Crippen LogP contribution in [0.4, 0.5) is 0 Å². The summed E-state index contributed by atoms with van der Waals surface area (Å²) in [6.07, 6.45) is 2.45. The molecule has 0 aliphatic carbocycles. The third kappa shape index (κ3) is 2.31. The van der Waals surface area contributed by atoms with E-state index in [0.29, 0.717) is 12.4 Å². The van der Waals surface area contributed by atoms with Crippen LogP contribution >= 0.6 is 0 Å². The third-order valence-corrected chi connectivity index (χ3v) is 3.93. The highest BCUT2D eigenvalue weighted by Gasteiger charge is 2.22. The van der Waals surface area contributed by atoms with E-state index in [1.165, 1.54) is 0 Å². The number of nitrogens with zero attached hydrogens (tertiary/aromatic N) is 4. The van der Waals surface area contributed by atoms with Crippen molar-refractivity contribution in [3.05, 3.63) is 47.7 Å². The topological polar surface area (TPSA) is 64.3 Å². The van der Waals surface area contributed by atoms with Crippen molar-refractivity contribution in [1.82, 2.24) is 19.9 Å². The summed E-state index contributed by atoms with van der Waals surface area (Å²) in [5, 5.41) is 0. The summed E-state index contributed by atoms with van der Waals surface area (Å²) in [5.74, 6) is 1.40. The number of aromatic nitrogens is 3. The van der Waals surface area contributed by atoms with Crippen molar-refractivity contribution in [1.29, 1.82) is 0 Å². The molecule has 3 aromatic rings. The molecule has 4 rings (SSSR count). The fraction of sp³-hybridized carbons (Fsp3) is 0.312. The van der Waals surface area contributed by atoms with Gasteiger partial charge in [-0.25, -0.2) is 15.0 Å². The van der Waals surface area contributed by atoms with E-state index in [2.05, 4.69) is 19.9 Å². The highest BCUT2D eigenvalue weighted by Crippen LogP contribution is 2.25. The van der Waals surface area contributed by atoms with E-state index < -0.39 is 0 Å². The van der Waals surface area contributed by atoms with Gasteiger partial charge >= 0.3 is 0 Å². The van der Waals surface area contributed by atoms with Crippen molar-refractivity contribution in [3.63, 3.8) is 0 Å². The summed E-state index contributed by atoms with van der Waals surface area (Å²) in [7, 11) is 1.64. The van der Waals surface area contributed by atoms with Gasteiger partial charge in [0.25, 0.3) is 0 Å². The number of hydrogen-bond acceptors (Lipinski definition) is 6. The Kier molecular flexibility index (Phi) is 3.23. The Morgan fingerprint density at radius 1 is 1.27 bits per heavy atom. The van der Waals surface area contributed by atoms with Crippen molar-refractivity contribution in [3.8, 4) is 5.88 Å². The van der Waals surface area contributed by atoms with Crippen molar-refractivity contribution in [2.75, 3.05) is 13.7 Å². The van der Waals surface area contributed by atoms with Crippen LogP contribution in [0.2, 0.25) is 0 Å². The predicted octanol–water partition coefficient (Wildman–Crippen LogP) is 2.18. The monoisotopic (exact) mass is 296 g/mol. The molecule has 0 N–H and O–H groups in total. The van der Waals surface area contributed by atoms with Crippen LogP contribution in [0, 0.1) is 0 Å². The minimum absolute atomic E-state index is 0.660. The quantitative estimate of drug-likeness (QED) is 0.738. The van der Waals surface area contributed by atoms with E-state index in [0.717, 1.165) is 47.8 Å². The molecule has 0 saturated heterocycles. The summed E-state index contributed by atoms with van der Waals surface area (Å²) in [6, 6.07) is 7.82. The van der Waals surface area contributed by atoms with Crippen LogP contribution in [-0.2, 0) is 19.5 Å². The van der Waals surface area contributed by atoms with Gasteiger partial charge in [0, 0.05) is 25.1 Å². The Hall–Kier alpha value is -2.47. The molecule has 3 heterocycles. The first kappa shape index (κ1) is 13.2. The van der Waals surface area contributed by atoms with Crippen molar-refractivity contribution >= 4 is 11.1 Å². The predicted molar refractivity (Wildman–Crippen MR) is 80.4 cm³/mol. The summed E-state index contributed by atoms with van der Waals surface area (Å²) < 4.78 is 11.1. The summed E-state index contributed by atoms with van der Waals surface area (Å²) in [6.45, 7) is 2.34. The van der Waals surface area contributed by atoms with Crippen LogP contribution in [0.15, 0.2) is 35.0 Å². The van der Waals surface area contributed by atoms with E-state index in [1.54, 1.807) is 13.4 Å². The van der Waals surface area contributed by atoms with Gasteiger partial charge in [0.1, 0.15) is 11.8 Å². The van der Waals surface area contributed by atoms with Gasteiger partial charge in [-0.3, -0.25) is 4.90 Å². The van der Waals surface area contributed by atoms with Gasteiger partial charge in [0.05, 0.1) is 19.3 Å². The molecule has 1 aromatic carbocycles. The molecule has 1 aliphatic rings. The minimum Gasteiger partial charge on any atom is -0.481 e. The molecule has 0 atom stereocenters. The van der Waals surface area contributed by atoms with Crippen molar-refractivity contribution < 1.29 is 9.15 Å². The zero-order chi connectivity index (χ0) is 14.9. The Morgan fingerprint density at radius 3 is 3.05 bits per heavy atom. The van der Waals surface area contributed by atoms with Crippen LogP contribution in [0.3, 0.4) is 0 Å². The molecule has 112 valence electrons. The van der Waals surface area contributed by atoms with E-state index in [1.807, 2.05) is 24.3 Å². The lowest BCUT2D eigenvalue weighted by molar-refractivity contribution is 0.216. The molecular formula is C16H16N4O2. The smallest absolute Gasteiger partial charge is 0.220 e. The summed E-state index contributed by atoms with van der Waals surface area (Å²) in [5.41, 5.74) is 3.86. The maximum Gasteiger partial charge on any atom is 0.220 e. The van der Waals surface area contributed by atoms with Crippen LogP contribution in [0.1, 0.15) is 17.1 Å². The molecule has 0 amide bonds. The molecule has 0 fully saturated rings. The average molecular weight is 296 g/mol. The second-order valence-corrected chi connectivity index (χ2v) is 5.34. The normalized spacial score (nSPS) is 15.0. The summed E-state index contributed by atoms with van der Waals surface area (Å²) >= 11 is 0. The number of ether oxygens (including phenoxy) is 1. The SMILES string of the molecule is COc1ncnc2c1CN(Cc1nc3ccccc3o1)CC2. The fourth-order valence-electron chi connectivity index (χ4n) is 2.86. The molecule has 0 unspecified atom stereocenters. The lowest BCUT2D eigenvalue weighted by Crippen LogP contribution is -2.31. The first-order valence-corrected chi connectivity index (χ1v) is 7.27. The van der Waals surface area contributed by atoms with Gasteiger partial charge in [0.15, 0.2) is 5.58 Å². The molecule has 1 aliphatic heterocycles. The zero-order valence-corrected chi connectivity index (χ0v) is 12.3. The molecule has 6 heteroatoms. The van der Waals surface area contributed by atoms with Gasteiger partial charge in [0.2, 0.25) is 11.8 Å². The fourth-order valence-corrected chi connectivity index (χ4v) is 2.86. The van der Waals surface area contributed by atoms with Gasteiger partial charge in [-0.05, 0) is 12.1 Å². The maximum atomic E-state index is 5.80. The standard InChI is InChI=1S/C16H16N4O2/c1-21-16-11-8-20(7-6-12(11)17-10-18-16)9-15-19-13-4-2-3-5-14(13)22-15/h2-5,10H,6-9H2,1H3. The van der Waals surface area contributed by atoms with Crippen LogP contribution < -0.4 is 4.74 Å². The largest absolute Gasteiger partial charge is 0.481 e. The second kappa shape index (κ2) is 5.38. The molecule has 0 bridgehead atoms. The van der Waals surface area contributed by atoms with Crippen molar-refractivity contribution in [2.45, 2.75) is 19.5 Å². The van der Waals surface area contributed by atoms with Crippen molar-refractivity contribution in [2.24, 2.45) is 0 Å². The Balaban J connectivity index is 1.57. The van der Waals surface area contributed by atoms with Crippen LogP contribution in [-0.4, -0.2) is 33.5 Å². The van der Waals surface area contributed by atoms with E-state index in [-0.39, 0.29) is 0 Å². The van der Waals surface area contributed by atoms with Gasteiger partial charge in [-0.15, -0.1) is 0 Å². The summed E-state index contributed by atoms with van der Waals surface area (Å²) in [4.78, 5) is 15.3. The molecule has 22 heavy (non-hydrogen) atoms. The highest BCUT2D eigenvalue weighted by atomic mass is 16.5. The molecule has 0 spiro atoms. The number of oxazole rings is 1. The molecule has 6 nitrogen and oxygen atoms in total. The molecule has 0 saturated carbocycles. The number of para-hydroxylation sites is 2. The average Bonchev–Trinajstić information content (AvgIpc) is 2.96. The number of hydrogen-bond donors (Lipinski definition) is 0. The van der Waals surface area contributed by atoms with Gasteiger partial charge in [-0.2, -0.15) is 0 Å². The Labute approximate surface area is 127 Å². The Bertz CT molecular complexity index is 768. The number of benzene rings is 1. The zero-order valence-electron chi connectivity index (χ0n) is 12.3. The lowest BCUT2D eigenvalue weighted by atomic mass is 10.1. The van der Waals surface area contributed by atoms with Gasteiger partial charge < -0.3 is 9.15 Å². The second-order valence-electron chi connectivity index (χ2n) is 5.34. The number of methoxy groups -OCH3 is 1. The number of rotatable bonds is 3. The minimum atomic E-state index is 0.660. The van der Waals surface area contributed by atoms with E-state index in [9.17, 15) is 0 Å². The van der Waals surface area contributed by atoms with E-state index >= 15 is 0 Å². The lowest BCUT2D eigenvalue weighted by Gasteiger charge is -2.27. The first-order chi connectivity index (χ1) is 10.8. The number of fused-ring (bicyclic) bond motifs is 2. The van der Waals surface area contributed by atoms with Gasteiger partial charge in [-0.1, -0.05) is 12.1 Å². The third-order valence-electron chi connectivity index (χ3n) is 3.93. The molecule has 2 aromatic heterocycles. The first-order valence-electron chi connectivity index (χ1n) is 7.27. The van der Waals surface area contributed by atoms with Crippen LogP contribution in [0.5, 0.6) is 5.88 Å². The van der Waals surface area contributed by atoms with E-state index in [4.69, 9.17) is 9.15 Å².